The predicted molar refractivity (Wildman–Crippen MR) is 57.0 cm³/mol. The van der Waals surface area contributed by atoms with E-state index >= 15 is 0 Å². The van der Waals surface area contributed by atoms with E-state index in [9.17, 15) is 13.2 Å². The van der Waals surface area contributed by atoms with E-state index in [4.69, 9.17) is 5.11 Å². The molecule has 1 aliphatic rings. The summed E-state index contributed by atoms with van der Waals surface area (Å²) in [6.45, 7) is 0.610. The summed E-state index contributed by atoms with van der Waals surface area (Å²) in [6, 6.07) is 4.00. The van der Waals surface area contributed by atoms with Crippen molar-refractivity contribution in [2.24, 2.45) is 5.41 Å². The molecule has 1 aliphatic carbocycles. The Morgan fingerprint density at radius 1 is 1.44 bits per heavy atom. The van der Waals surface area contributed by atoms with E-state index in [1.807, 2.05) is 0 Å². The van der Waals surface area contributed by atoms with E-state index in [0.717, 1.165) is 6.07 Å². The lowest BCUT2D eigenvalue weighted by molar-refractivity contribution is 0.0435. The van der Waals surface area contributed by atoms with Gasteiger partial charge in [-0.05, 0) is 17.7 Å². The van der Waals surface area contributed by atoms with E-state index in [0.29, 0.717) is 4.47 Å². The molecule has 2 rings (SSSR count). The Morgan fingerprint density at radius 2 is 2.06 bits per heavy atom. The molecule has 0 aliphatic heterocycles. The van der Waals surface area contributed by atoms with Crippen LogP contribution in [-0.2, 0) is 0 Å². The quantitative estimate of drug-likeness (QED) is 0.887. The largest absolute Gasteiger partial charge is 0.396 e. The lowest BCUT2D eigenvalue weighted by Crippen LogP contribution is -2.10. The smallest absolute Gasteiger partial charge is 0.264 e. The molecule has 2 unspecified atom stereocenters. The van der Waals surface area contributed by atoms with E-state index in [1.54, 1.807) is 0 Å². The summed E-state index contributed by atoms with van der Waals surface area (Å²) in [7, 11) is 0. The maximum absolute atomic E-state index is 13.5. The van der Waals surface area contributed by atoms with Gasteiger partial charge in [0.1, 0.15) is 5.82 Å². The summed E-state index contributed by atoms with van der Waals surface area (Å²) in [5, 5.41) is 8.97. The second-order valence-electron chi connectivity index (χ2n) is 4.30. The number of alkyl halides is 2. The zero-order valence-corrected chi connectivity index (χ0v) is 10.1. The van der Waals surface area contributed by atoms with E-state index < -0.39 is 29.7 Å². The van der Waals surface area contributed by atoms with Gasteiger partial charge in [0.05, 0.1) is 17.9 Å². The molecule has 1 nitrogen and oxygen atoms in total. The van der Waals surface area contributed by atoms with Crippen LogP contribution < -0.4 is 0 Å². The molecule has 0 bridgehead atoms. The Bertz CT molecular complexity index is 435. The van der Waals surface area contributed by atoms with Crippen LogP contribution in [-0.4, -0.2) is 17.6 Å². The first-order valence-electron chi connectivity index (χ1n) is 4.78. The maximum atomic E-state index is 13.5. The van der Waals surface area contributed by atoms with Gasteiger partial charge in [0, 0.05) is 4.47 Å². The number of rotatable bonds is 2. The molecule has 0 aromatic heterocycles. The van der Waals surface area contributed by atoms with Gasteiger partial charge >= 0.3 is 0 Å². The first-order valence-corrected chi connectivity index (χ1v) is 5.57. The SMILES string of the molecule is CC1(CO)C(c2ccc(Br)cc2F)C1(F)F. The number of benzene rings is 1. The normalized spacial score (nSPS) is 31.5. The molecule has 2 atom stereocenters. The van der Waals surface area contributed by atoms with Gasteiger partial charge in [-0.3, -0.25) is 0 Å². The van der Waals surface area contributed by atoms with Crippen molar-refractivity contribution in [2.45, 2.75) is 18.8 Å². The van der Waals surface area contributed by atoms with Gasteiger partial charge < -0.3 is 5.11 Å². The molecule has 0 saturated heterocycles. The van der Waals surface area contributed by atoms with Crippen molar-refractivity contribution >= 4 is 15.9 Å². The van der Waals surface area contributed by atoms with Crippen molar-refractivity contribution in [1.29, 1.82) is 0 Å². The molecule has 0 radical (unpaired) electrons. The predicted octanol–water partition coefficient (Wildman–Crippen LogP) is 3.32. The Labute approximate surface area is 99.4 Å². The van der Waals surface area contributed by atoms with Crippen molar-refractivity contribution in [3.63, 3.8) is 0 Å². The van der Waals surface area contributed by atoms with Crippen LogP contribution >= 0.6 is 15.9 Å². The van der Waals surface area contributed by atoms with Crippen LogP contribution in [0.1, 0.15) is 18.4 Å². The summed E-state index contributed by atoms with van der Waals surface area (Å²) in [4.78, 5) is 0. The van der Waals surface area contributed by atoms with Crippen molar-refractivity contribution in [2.75, 3.05) is 6.61 Å². The Hall–Kier alpha value is -0.550. The number of halogens is 4. The monoisotopic (exact) mass is 294 g/mol. The second-order valence-corrected chi connectivity index (χ2v) is 5.21. The number of aliphatic hydroxyl groups is 1. The van der Waals surface area contributed by atoms with Gasteiger partial charge in [-0.25, -0.2) is 13.2 Å². The third kappa shape index (κ3) is 1.41. The molecular formula is C11H10BrF3O. The molecule has 0 spiro atoms. The fraction of sp³-hybridized carbons (Fsp3) is 0.455. The average molecular weight is 295 g/mol. The highest BCUT2D eigenvalue weighted by molar-refractivity contribution is 9.10. The molecule has 1 saturated carbocycles. The Kier molecular flexibility index (Phi) is 2.58. The molecular weight excluding hydrogens is 285 g/mol. The molecule has 0 amide bonds. The molecule has 88 valence electrons. The van der Waals surface area contributed by atoms with Crippen LogP contribution in [0.2, 0.25) is 0 Å². The van der Waals surface area contributed by atoms with Gasteiger partial charge in [-0.2, -0.15) is 0 Å². The molecule has 16 heavy (non-hydrogen) atoms. The van der Waals surface area contributed by atoms with Crippen LogP contribution in [0.25, 0.3) is 0 Å². The van der Waals surface area contributed by atoms with Crippen LogP contribution in [0, 0.1) is 11.2 Å². The van der Waals surface area contributed by atoms with Gasteiger partial charge in [0.25, 0.3) is 5.92 Å². The second kappa shape index (κ2) is 3.47. The highest BCUT2D eigenvalue weighted by Gasteiger charge is 2.78. The topological polar surface area (TPSA) is 20.2 Å². The molecule has 1 aromatic carbocycles. The van der Waals surface area contributed by atoms with Gasteiger partial charge in [-0.15, -0.1) is 0 Å². The first kappa shape index (κ1) is 11.9. The zero-order chi connectivity index (χ0) is 12.1. The van der Waals surface area contributed by atoms with Crippen LogP contribution in [0.5, 0.6) is 0 Å². The van der Waals surface area contributed by atoms with Crippen molar-refractivity contribution in [3.05, 3.63) is 34.1 Å². The zero-order valence-electron chi connectivity index (χ0n) is 8.48. The Morgan fingerprint density at radius 3 is 2.50 bits per heavy atom. The lowest BCUT2D eigenvalue weighted by Gasteiger charge is -2.05. The van der Waals surface area contributed by atoms with Gasteiger partial charge in [0.15, 0.2) is 0 Å². The molecule has 1 fully saturated rings. The third-order valence-corrected chi connectivity index (χ3v) is 3.77. The van der Waals surface area contributed by atoms with Gasteiger partial charge in [0.2, 0.25) is 0 Å². The van der Waals surface area contributed by atoms with Gasteiger partial charge in [-0.1, -0.05) is 28.9 Å². The fourth-order valence-electron chi connectivity index (χ4n) is 2.05. The van der Waals surface area contributed by atoms with Crippen LogP contribution in [0.3, 0.4) is 0 Å². The highest BCUT2D eigenvalue weighted by Crippen LogP contribution is 2.71. The number of hydrogen-bond donors (Lipinski definition) is 1. The van der Waals surface area contributed by atoms with Crippen LogP contribution in [0.4, 0.5) is 13.2 Å². The standard InChI is InChI=1S/C11H10BrF3O/c1-10(5-16)9(11(10,14)15)7-3-2-6(12)4-8(7)13/h2-4,9,16H,5H2,1H3. The minimum atomic E-state index is -3.05. The van der Waals surface area contributed by atoms with E-state index in [2.05, 4.69) is 15.9 Å². The summed E-state index contributed by atoms with van der Waals surface area (Å²) < 4.78 is 41.0. The third-order valence-electron chi connectivity index (χ3n) is 3.28. The fourth-order valence-corrected chi connectivity index (χ4v) is 2.39. The van der Waals surface area contributed by atoms with Crippen molar-refractivity contribution in [1.82, 2.24) is 0 Å². The molecule has 0 heterocycles. The van der Waals surface area contributed by atoms with E-state index in [1.165, 1.54) is 19.1 Å². The lowest BCUT2D eigenvalue weighted by atomic mass is 10.0. The Balaban J connectivity index is 2.41. The molecule has 5 heteroatoms. The highest BCUT2D eigenvalue weighted by atomic mass is 79.9. The minimum Gasteiger partial charge on any atom is -0.396 e. The van der Waals surface area contributed by atoms with Crippen LogP contribution in [0.15, 0.2) is 22.7 Å². The molecule has 1 aromatic rings. The van der Waals surface area contributed by atoms with Crippen molar-refractivity contribution in [3.8, 4) is 0 Å². The summed E-state index contributed by atoms with van der Waals surface area (Å²) in [5.74, 6) is -4.95. The number of aliphatic hydroxyl groups excluding tert-OH is 1. The maximum Gasteiger partial charge on any atom is 0.264 e. The van der Waals surface area contributed by atoms with Crippen molar-refractivity contribution < 1.29 is 18.3 Å². The van der Waals surface area contributed by atoms with E-state index in [-0.39, 0.29) is 5.56 Å². The minimum absolute atomic E-state index is 0.0373. The average Bonchev–Trinajstić information content (AvgIpc) is 2.63. The first-order chi connectivity index (χ1) is 7.34. The summed E-state index contributed by atoms with van der Waals surface area (Å²) in [6.07, 6.45) is 0. The summed E-state index contributed by atoms with van der Waals surface area (Å²) in [5.41, 5.74) is -1.58. The number of hydrogen-bond acceptors (Lipinski definition) is 1. The molecule has 1 N–H and O–H groups in total. The summed E-state index contributed by atoms with van der Waals surface area (Å²) >= 11 is 3.06.